The van der Waals surface area contributed by atoms with Crippen LogP contribution in [-0.2, 0) is 24.9 Å². The molecule has 43 heavy (non-hydrogen) atoms. The molecule has 0 spiro atoms. The number of phosphoric acid groups is 1. The van der Waals surface area contributed by atoms with Crippen LogP contribution in [0.5, 0.6) is 28.7 Å². The van der Waals surface area contributed by atoms with Gasteiger partial charge in [-0.05, 0) is 29.8 Å². The quantitative estimate of drug-likeness (QED) is 0.106. The van der Waals surface area contributed by atoms with Gasteiger partial charge in [0.2, 0.25) is 5.75 Å². The number of benzene rings is 2. The number of methoxy groups -OCH3 is 5. The van der Waals surface area contributed by atoms with Crippen molar-refractivity contribution in [3.05, 3.63) is 41.5 Å². The number of alkyl halides is 2. The molecule has 240 valence electrons. The van der Waals surface area contributed by atoms with E-state index in [1.165, 1.54) is 45.7 Å². The third-order valence-corrected chi connectivity index (χ3v) is 8.00. The van der Waals surface area contributed by atoms with Crippen molar-refractivity contribution in [3.8, 4) is 28.7 Å². The maximum absolute atomic E-state index is 14.2. The van der Waals surface area contributed by atoms with E-state index < -0.39 is 13.9 Å². The van der Waals surface area contributed by atoms with Crippen LogP contribution in [0.25, 0.3) is 0 Å². The van der Waals surface area contributed by atoms with Crippen molar-refractivity contribution < 1.29 is 46.8 Å². The second-order valence-corrected chi connectivity index (χ2v) is 11.3. The van der Waals surface area contributed by atoms with Crippen LogP contribution in [0.3, 0.4) is 0 Å². The first-order valence-corrected chi connectivity index (χ1v) is 15.8. The molecule has 1 N–H and O–H groups in total. The summed E-state index contributed by atoms with van der Waals surface area (Å²) in [7, 11) is 3.01. The van der Waals surface area contributed by atoms with E-state index in [0.717, 1.165) is 0 Å². The zero-order valence-electron chi connectivity index (χ0n) is 24.8. The number of nitrogens with zero attached hydrogens (tertiary/aromatic N) is 2. The van der Waals surface area contributed by atoms with Gasteiger partial charge in [-0.15, -0.1) is 23.2 Å². The highest BCUT2D eigenvalue weighted by molar-refractivity contribution is 7.48. The van der Waals surface area contributed by atoms with E-state index in [0.29, 0.717) is 40.9 Å². The smallest absolute Gasteiger partial charge is 0.493 e. The second-order valence-electron chi connectivity index (χ2n) is 9.02. The van der Waals surface area contributed by atoms with Gasteiger partial charge in [0, 0.05) is 50.0 Å². The van der Waals surface area contributed by atoms with E-state index in [-0.39, 0.29) is 55.9 Å². The van der Waals surface area contributed by atoms with Crippen LogP contribution in [0.1, 0.15) is 15.9 Å². The molecule has 0 bridgehead atoms. The molecule has 0 radical (unpaired) electrons. The first kappa shape index (κ1) is 35.2. The van der Waals surface area contributed by atoms with Crippen LogP contribution in [0.2, 0.25) is 0 Å². The number of hydrogen-bond acceptors (Lipinski definition) is 13. The SMILES string of the molecule is COc1ccc(COP(=O)(ON(CCCl)CCCl)ON2CCNCC2C(=O)c2cc(OC)c(OC)c(OC)c2)cc1OC. The van der Waals surface area contributed by atoms with E-state index in [1.54, 1.807) is 30.3 Å². The Morgan fingerprint density at radius 3 is 2.12 bits per heavy atom. The van der Waals surface area contributed by atoms with Crippen molar-refractivity contribution in [1.29, 1.82) is 0 Å². The Balaban J connectivity index is 1.91. The third-order valence-electron chi connectivity index (χ3n) is 6.37. The zero-order valence-corrected chi connectivity index (χ0v) is 27.2. The Labute approximate surface area is 261 Å². The summed E-state index contributed by atoms with van der Waals surface area (Å²) < 4.78 is 58.6. The van der Waals surface area contributed by atoms with Gasteiger partial charge in [0.05, 0.1) is 42.2 Å². The predicted octanol–water partition coefficient (Wildman–Crippen LogP) is 4.15. The summed E-state index contributed by atoms with van der Waals surface area (Å²) in [5, 5.41) is 5.79. The molecule has 1 fully saturated rings. The fourth-order valence-electron chi connectivity index (χ4n) is 4.26. The van der Waals surface area contributed by atoms with Gasteiger partial charge in [-0.1, -0.05) is 6.07 Å². The topological polar surface area (TPSA) is 126 Å². The van der Waals surface area contributed by atoms with Crippen LogP contribution in [-0.4, -0.2) is 102 Å². The highest BCUT2D eigenvalue weighted by Gasteiger charge is 2.40. The number of ether oxygens (including phenoxy) is 5. The van der Waals surface area contributed by atoms with Crippen LogP contribution >= 0.6 is 31.0 Å². The van der Waals surface area contributed by atoms with Gasteiger partial charge in [-0.25, -0.2) is 4.57 Å². The van der Waals surface area contributed by atoms with Gasteiger partial charge in [0.1, 0.15) is 6.04 Å². The number of halogens is 2. The third kappa shape index (κ3) is 9.34. The molecule has 13 nitrogen and oxygen atoms in total. The van der Waals surface area contributed by atoms with Gasteiger partial charge >= 0.3 is 7.82 Å². The monoisotopic (exact) mass is 665 g/mol. The minimum absolute atomic E-state index is 0.169. The standard InChI is InChI=1S/C27H38Cl2N3O10P/c1-35-22-7-6-19(14-23(22)36-2)18-40-43(34,41-31(11-8-28)12-9-29)42-32-13-10-30-17-21(32)26(33)20-15-24(37-3)27(39-5)25(16-20)38-4/h6-7,14-16,21,30H,8-13,17-18H2,1-5H3. The van der Waals surface area contributed by atoms with Crippen molar-refractivity contribution in [2.45, 2.75) is 12.6 Å². The van der Waals surface area contributed by atoms with Crippen molar-refractivity contribution in [2.24, 2.45) is 0 Å². The average Bonchev–Trinajstić information content (AvgIpc) is 3.03. The maximum atomic E-state index is 14.2. The molecule has 2 atom stereocenters. The summed E-state index contributed by atoms with van der Waals surface area (Å²) in [4.78, 5) is 13.8. The van der Waals surface area contributed by atoms with Crippen molar-refractivity contribution in [3.63, 3.8) is 0 Å². The van der Waals surface area contributed by atoms with Gasteiger partial charge < -0.3 is 29.0 Å². The molecule has 1 aliphatic heterocycles. The summed E-state index contributed by atoms with van der Waals surface area (Å²) in [6, 6.07) is 7.28. The molecule has 1 aliphatic rings. The fraction of sp³-hybridized carbons (Fsp3) is 0.519. The van der Waals surface area contributed by atoms with Crippen LogP contribution in [0.15, 0.2) is 30.3 Å². The summed E-state index contributed by atoms with van der Waals surface area (Å²) >= 11 is 11.9. The number of hydroxylamine groups is 4. The molecule has 0 aliphatic carbocycles. The molecule has 3 rings (SSSR count). The van der Waals surface area contributed by atoms with Gasteiger partial charge in [-0.2, -0.15) is 19.4 Å². The molecular weight excluding hydrogens is 628 g/mol. The first-order chi connectivity index (χ1) is 20.8. The Kier molecular flexibility index (Phi) is 14.1. The molecular formula is C27H38Cl2N3O10P. The van der Waals surface area contributed by atoms with Gasteiger partial charge in [0.15, 0.2) is 28.8 Å². The van der Waals surface area contributed by atoms with Gasteiger partial charge in [0.25, 0.3) is 0 Å². The lowest BCUT2D eigenvalue weighted by Crippen LogP contribution is -2.54. The van der Waals surface area contributed by atoms with Crippen LogP contribution in [0, 0.1) is 0 Å². The van der Waals surface area contributed by atoms with E-state index in [2.05, 4.69) is 5.32 Å². The lowest BCUT2D eigenvalue weighted by atomic mass is 10.0. The minimum atomic E-state index is -4.41. The number of nitrogens with one attached hydrogen (secondary N) is 1. The molecule has 0 aromatic heterocycles. The number of carbonyl (C=O) groups excluding carboxylic acids is 1. The van der Waals surface area contributed by atoms with Crippen molar-refractivity contribution in [2.75, 3.05) is 80.0 Å². The zero-order chi connectivity index (χ0) is 31.4. The molecule has 2 aromatic carbocycles. The molecule has 1 heterocycles. The van der Waals surface area contributed by atoms with E-state index in [1.807, 2.05) is 0 Å². The molecule has 16 heteroatoms. The Bertz CT molecular complexity index is 1230. The lowest BCUT2D eigenvalue weighted by Gasteiger charge is -2.36. The Morgan fingerprint density at radius 1 is 0.930 bits per heavy atom. The van der Waals surface area contributed by atoms with Crippen molar-refractivity contribution >= 4 is 36.8 Å². The lowest BCUT2D eigenvalue weighted by molar-refractivity contribution is -0.158. The van der Waals surface area contributed by atoms with Crippen LogP contribution < -0.4 is 29.0 Å². The number of rotatable bonds is 18. The van der Waals surface area contributed by atoms with E-state index in [9.17, 15) is 9.36 Å². The maximum Gasteiger partial charge on any atom is 0.508 e. The highest BCUT2D eigenvalue weighted by Crippen LogP contribution is 2.52. The number of hydrogen-bond donors (Lipinski definition) is 1. The Morgan fingerprint density at radius 2 is 1.56 bits per heavy atom. The average molecular weight is 666 g/mol. The van der Waals surface area contributed by atoms with Crippen LogP contribution in [0.4, 0.5) is 0 Å². The number of Topliss-reactive ketones (excluding diaryl/α,β-unsaturated/α-hetero) is 1. The summed E-state index contributed by atoms with van der Waals surface area (Å²) in [6.07, 6.45) is 0. The van der Waals surface area contributed by atoms with E-state index >= 15 is 0 Å². The molecule has 0 amide bonds. The predicted molar refractivity (Wildman–Crippen MR) is 161 cm³/mol. The largest absolute Gasteiger partial charge is 0.508 e. The molecule has 2 unspecified atom stereocenters. The summed E-state index contributed by atoms with van der Waals surface area (Å²) in [5.74, 6) is 1.94. The number of piperazine rings is 1. The molecule has 0 saturated carbocycles. The number of ketones is 1. The Hall–Kier alpha value is -2.32. The number of carbonyl (C=O) groups is 1. The summed E-state index contributed by atoms with van der Waals surface area (Å²) in [6.45, 7) is 1.04. The highest BCUT2D eigenvalue weighted by atomic mass is 35.5. The van der Waals surface area contributed by atoms with Crippen molar-refractivity contribution in [1.82, 2.24) is 15.4 Å². The van der Waals surface area contributed by atoms with Gasteiger partial charge in [-0.3, -0.25) is 9.32 Å². The molecule has 2 aromatic rings. The fourth-order valence-corrected chi connectivity index (χ4v) is 5.97. The minimum Gasteiger partial charge on any atom is -0.493 e. The second kappa shape index (κ2) is 17.2. The first-order valence-electron chi connectivity index (χ1n) is 13.3. The summed E-state index contributed by atoms with van der Waals surface area (Å²) in [5.41, 5.74) is 0.876. The molecule has 1 saturated heterocycles. The normalized spacial score (nSPS) is 16.9. The van der Waals surface area contributed by atoms with E-state index in [4.69, 9.17) is 60.7 Å².